The summed E-state index contributed by atoms with van der Waals surface area (Å²) in [7, 11) is 0. The average molecular weight is 451 g/mol. The maximum Gasteiger partial charge on any atom is 0.411 e. The summed E-state index contributed by atoms with van der Waals surface area (Å²) in [5.41, 5.74) is 5.71. The Kier molecular flexibility index (Phi) is 4.80. The van der Waals surface area contributed by atoms with Gasteiger partial charge in [-0.05, 0) is 75.4 Å². The van der Waals surface area contributed by atoms with Crippen LogP contribution in [0.2, 0.25) is 0 Å². The average Bonchev–Trinajstić information content (AvgIpc) is 3.29. The second-order valence-corrected chi connectivity index (χ2v) is 10.5. The Labute approximate surface area is 200 Å². The first-order chi connectivity index (χ1) is 16.4. The van der Waals surface area contributed by atoms with Gasteiger partial charge in [-0.2, -0.15) is 0 Å². The molecule has 0 N–H and O–H groups in total. The van der Waals surface area contributed by atoms with Crippen molar-refractivity contribution in [2.24, 2.45) is 0 Å². The highest BCUT2D eigenvalue weighted by atomic mass is 16.6. The number of rotatable bonds is 2. The van der Waals surface area contributed by atoms with E-state index in [4.69, 9.17) is 4.74 Å². The number of carbonyl (C=O) groups excluding carboxylic acids is 1. The third-order valence-corrected chi connectivity index (χ3v) is 7.08. The fraction of sp³-hybridized carbons (Fsp3) is 0.300. The number of carbonyl (C=O) groups is 1. The molecule has 0 radical (unpaired) electrons. The summed E-state index contributed by atoms with van der Waals surface area (Å²) < 4.78 is 8.03. The molecule has 4 heteroatoms. The van der Waals surface area contributed by atoms with Crippen molar-refractivity contribution in [2.45, 2.75) is 57.7 Å². The minimum atomic E-state index is -0.469. The van der Waals surface area contributed by atoms with Crippen LogP contribution in [0, 0.1) is 0 Å². The van der Waals surface area contributed by atoms with Gasteiger partial charge in [-0.15, -0.1) is 0 Å². The molecule has 2 bridgehead atoms. The zero-order valence-electron chi connectivity index (χ0n) is 20.0. The molecule has 0 spiro atoms. The standard InChI is InChI=1S/C30H30N2O2/c1-30(2,3)34-29(33)31-23-16-17-24(31)19-21(18-23)20-12-14-22(15-13-20)32-27-10-6-4-8-25(27)26-9-5-7-11-28(26)32/h4-15,18,23-24H,16-17,19H2,1-3H3. The summed E-state index contributed by atoms with van der Waals surface area (Å²) in [6.45, 7) is 5.78. The van der Waals surface area contributed by atoms with Crippen LogP contribution in [0.15, 0.2) is 78.9 Å². The number of hydrogen-bond acceptors (Lipinski definition) is 2. The molecule has 0 aliphatic carbocycles. The highest BCUT2D eigenvalue weighted by molar-refractivity contribution is 6.09. The third-order valence-electron chi connectivity index (χ3n) is 7.08. The van der Waals surface area contributed by atoms with Crippen molar-refractivity contribution in [2.75, 3.05) is 0 Å². The first kappa shape index (κ1) is 21.0. The minimum absolute atomic E-state index is 0.126. The fourth-order valence-corrected chi connectivity index (χ4v) is 5.67. The lowest BCUT2D eigenvalue weighted by molar-refractivity contribution is 0.0175. The Bertz CT molecular complexity index is 1370. The molecule has 34 heavy (non-hydrogen) atoms. The van der Waals surface area contributed by atoms with E-state index < -0.39 is 5.60 Å². The Morgan fingerprint density at radius 3 is 2.06 bits per heavy atom. The van der Waals surface area contributed by atoms with Gasteiger partial charge in [0.15, 0.2) is 0 Å². The first-order valence-corrected chi connectivity index (χ1v) is 12.2. The molecule has 172 valence electrons. The smallest absolute Gasteiger partial charge is 0.411 e. The van der Waals surface area contributed by atoms with Gasteiger partial charge >= 0.3 is 6.09 Å². The van der Waals surface area contributed by atoms with Crippen molar-refractivity contribution in [3.05, 3.63) is 84.4 Å². The summed E-state index contributed by atoms with van der Waals surface area (Å²) in [5, 5.41) is 2.55. The van der Waals surface area contributed by atoms with Crippen LogP contribution < -0.4 is 0 Å². The molecule has 3 heterocycles. The van der Waals surface area contributed by atoms with Crippen LogP contribution in [0.5, 0.6) is 0 Å². The van der Waals surface area contributed by atoms with Crippen molar-refractivity contribution < 1.29 is 9.53 Å². The largest absolute Gasteiger partial charge is 0.444 e. The quantitative estimate of drug-likeness (QED) is 0.320. The fourth-order valence-electron chi connectivity index (χ4n) is 5.67. The van der Waals surface area contributed by atoms with Crippen LogP contribution >= 0.6 is 0 Å². The highest BCUT2D eigenvalue weighted by Gasteiger charge is 2.41. The Morgan fingerprint density at radius 2 is 1.47 bits per heavy atom. The van der Waals surface area contributed by atoms with Crippen LogP contribution in [0.3, 0.4) is 0 Å². The van der Waals surface area contributed by atoms with Crippen LogP contribution in [0.4, 0.5) is 4.79 Å². The number of amides is 1. The van der Waals surface area contributed by atoms with Crippen LogP contribution in [0.25, 0.3) is 33.1 Å². The van der Waals surface area contributed by atoms with Gasteiger partial charge in [0.2, 0.25) is 0 Å². The van der Waals surface area contributed by atoms with Gasteiger partial charge < -0.3 is 9.30 Å². The SMILES string of the molecule is CC(C)(C)OC(=O)N1C2C=C(c3ccc(-n4c5ccccc5c5ccccc54)cc3)CC1CC2. The van der Waals surface area contributed by atoms with E-state index in [1.54, 1.807) is 0 Å². The van der Waals surface area contributed by atoms with E-state index in [1.165, 1.54) is 32.9 Å². The van der Waals surface area contributed by atoms with Gasteiger partial charge in [0.05, 0.1) is 17.1 Å². The Balaban J connectivity index is 1.32. The van der Waals surface area contributed by atoms with Gasteiger partial charge in [0.25, 0.3) is 0 Å². The molecule has 6 rings (SSSR count). The van der Waals surface area contributed by atoms with Gasteiger partial charge in [0.1, 0.15) is 5.60 Å². The van der Waals surface area contributed by atoms with E-state index in [0.717, 1.165) is 24.9 Å². The summed E-state index contributed by atoms with van der Waals surface area (Å²) in [6, 6.07) is 26.4. The normalized spacial score (nSPS) is 20.1. The van der Waals surface area contributed by atoms with E-state index in [2.05, 4.69) is 83.4 Å². The molecule has 4 nitrogen and oxygen atoms in total. The monoisotopic (exact) mass is 450 g/mol. The first-order valence-electron chi connectivity index (χ1n) is 12.2. The summed E-state index contributed by atoms with van der Waals surface area (Å²) >= 11 is 0. The van der Waals surface area contributed by atoms with Crippen molar-refractivity contribution in [3.63, 3.8) is 0 Å². The number of hydrogen-bond donors (Lipinski definition) is 0. The van der Waals surface area contributed by atoms with E-state index in [-0.39, 0.29) is 18.2 Å². The van der Waals surface area contributed by atoms with Crippen LogP contribution in [0.1, 0.15) is 45.6 Å². The summed E-state index contributed by atoms with van der Waals surface area (Å²) in [5.74, 6) is 0. The third kappa shape index (κ3) is 3.49. The predicted molar refractivity (Wildman–Crippen MR) is 138 cm³/mol. The molecule has 1 saturated heterocycles. The van der Waals surface area contributed by atoms with E-state index in [1.807, 2.05) is 25.7 Å². The highest BCUT2D eigenvalue weighted by Crippen LogP contribution is 2.40. The van der Waals surface area contributed by atoms with Gasteiger partial charge in [-0.1, -0.05) is 54.6 Å². The molecule has 3 aromatic carbocycles. The summed E-state index contributed by atoms with van der Waals surface area (Å²) in [6.07, 6.45) is 5.01. The van der Waals surface area contributed by atoms with Crippen molar-refractivity contribution in [1.82, 2.24) is 9.47 Å². The summed E-state index contributed by atoms with van der Waals surface area (Å²) in [4.78, 5) is 14.7. The number of aromatic nitrogens is 1. The molecule has 2 unspecified atom stereocenters. The molecule has 1 aromatic heterocycles. The Morgan fingerprint density at radius 1 is 0.853 bits per heavy atom. The molecule has 2 aliphatic heterocycles. The molecule has 2 aliphatic rings. The number of para-hydroxylation sites is 2. The zero-order valence-corrected chi connectivity index (χ0v) is 20.0. The van der Waals surface area contributed by atoms with E-state index in [0.29, 0.717) is 0 Å². The number of ether oxygens (including phenoxy) is 1. The molecule has 0 saturated carbocycles. The molecule has 2 atom stereocenters. The zero-order chi connectivity index (χ0) is 23.4. The topological polar surface area (TPSA) is 34.5 Å². The maximum absolute atomic E-state index is 12.8. The lowest BCUT2D eigenvalue weighted by Gasteiger charge is -2.35. The van der Waals surface area contributed by atoms with Gasteiger partial charge in [0, 0.05) is 22.5 Å². The van der Waals surface area contributed by atoms with Crippen molar-refractivity contribution >= 4 is 33.5 Å². The van der Waals surface area contributed by atoms with Crippen molar-refractivity contribution in [3.8, 4) is 5.69 Å². The van der Waals surface area contributed by atoms with E-state index in [9.17, 15) is 4.79 Å². The lowest BCUT2D eigenvalue weighted by Crippen LogP contribution is -2.45. The number of benzene rings is 3. The molecule has 1 amide bonds. The molecule has 1 fully saturated rings. The maximum atomic E-state index is 12.8. The second-order valence-electron chi connectivity index (χ2n) is 10.5. The number of nitrogens with zero attached hydrogens (tertiary/aromatic N) is 2. The number of fused-ring (bicyclic) bond motifs is 5. The van der Waals surface area contributed by atoms with E-state index >= 15 is 0 Å². The van der Waals surface area contributed by atoms with Crippen molar-refractivity contribution in [1.29, 1.82) is 0 Å². The molecule has 4 aromatic rings. The van der Waals surface area contributed by atoms with Gasteiger partial charge in [-0.3, -0.25) is 4.90 Å². The van der Waals surface area contributed by atoms with Gasteiger partial charge in [-0.25, -0.2) is 4.79 Å². The predicted octanol–water partition coefficient (Wildman–Crippen LogP) is 7.34. The van der Waals surface area contributed by atoms with Crippen LogP contribution in [-0.4, -0.2) is 33.2 Å². The Hall–Kier alpha value is -3.53. The molecular weight excluding hydrogens is 420 g/mol. The van der Waals surface area contributed by atoms with Crippen LogP contribution in [-0.2, 0) is 4.74 Å². The lowest BCUT2D eigenvalue weighted by atomic mass is 9.95. The molecular formula is C30H30N2O2. The second kappa shape index (κ2) is 7.76. The minimum Gasteiger partial charge on any atom is -0.444 e.